The molecule has 96 valence electrons. The molecule has 0 amide bonds. The standard InChI is InChI=1S/C12H13NO5/c1-8-10(12(16)18-3)6-9(11(15)17-2)7-13(8)4-5-14/h4,7H,6H2,1-3H3. The van der Waals surface area contributed by atoms with Crippen LogP contribution in [0.5, 0.6) is 0 Å². The van der Waals surface area contributed by atoms with Gasteiger partial charge in [-0.25, -0.2) is 14.4 Å². The summed E-state index contributed by atoms with van der Waals surface area (Å²) in [5.41, 5.74) is 1.07. The second-order valence-corrected chi connectivity index (χ2v) is 3.53. The molecule has 0 spiro atoms. The summed E-state index contributed by atoms with van der Waals surface area (Å²) >= 11 is 0. The summed E-state index contributed by atoms with van der Waals surface area (Å²) in [4.78, 5) is 34.8. The van der Waals surface area contributed by atoms with E-state index in [4.69, 9.17) is 0 Å². The lowest BCUT2D eigenvalue weighted by Gasteiger charge is -2.24. The van der Waals surface area contributed by atoms with Crippen molar-refractivity contribution in [3.8, 4) is 0 Å². The Morgan fingerprint density at radius 3 is 2.44 bits per heavy atom. The van der Waals surface area contributed by atoms with Crippen molar-refractivity contribution >= 4 is 17.9 Å². The van der Waals surface area contributed by atoms with Crippen LogP contribution in [-0.2, 0) is 23.9 Å². The molecule has 1 heterocycles. The second kappa shape index (κ2) is 5.84. The van der Waals surface area contributed by atoms with Gasteiger partial charge in [0.2, 0.25) is 0 Å². The van der Waals surface area contributed by atoms with Crippen LogP contribution < -0.4 is 0 Å². The maximum absolute atomic E-state index is 11.6. The molecule has 0 aromatic rings. The van der Waals surface area contributed by atoms with Crippen LogP contribution in [0.4, 0.5) is 0 Å². The van der Waals surface area contributed by atoms with Gasteiger partial charge in [0.05, 0.1) is 31.6 Å². The molecule has 6 nitrogen and oxygen atoms in total. The fourth-order valence-corrected chi connectivity index (χ4v) is 1.57. The average Bonchev–Trinajstić information content (AvgIpc) is 2.39. The van der Waals surface area contributed by atoms with Gasteiger partial charge in [0.15, 0.2) is 0 Å². The number of hydrogen-bond donors (Lipinski definition) is 0. The number of allylic oxidation sites excluding steroid dienone is 1. The minimum atomic E-state index is -0.562. The summed E-state index contributed by atoms with van der Waals surface area (Å²) in [6.07, 6.45) is 2.62. The van der Waals surface area contributed by atoms with Crippen molar-refractivity contribution in [3.05, 3.63) is 29.2 Å². The van der Waals surface area contributed by atoms with E-state index >= 15 is 0 Å². The Morgan fingerprint density at radius 1 is 1.33 bits per heavy atom. The van der Waals surface area contributed by atoms with E-state index in [0.29, 0.717) is 11.3 Å². The first-order valence-electron chi connectivity index (χ1n) is 5.11. The van der Waals surface area contributed by atoms with E-state index in [1.165, 1.54) is 25.3 Å². The van der Waals surface area contributed by atoms with Crippen molar-refractivity contribution < 1.29 is 23.9 Å². The third kappa shape index (κ3) is 2.67. The summed E-state index contributed by atoms with van der Waals surface area (Å²) in [6, 6.07) is 0. The molecular weight excluding hydrogens is 238 g/mol. The fraction of sp³-hybridized carbons (Fsp3) is 0.333. The van der Waals surface area contributed by atoms with Gasteiger partial charge in [-0.2, -0.15) is 0 Å². The summed E-state index contributed by atoms with van der Waals surface area (Å²) in [5, 5.41) is 0. The largest absolute Gasteiger partial charge is 0.466 e. The molecule has 0 fully saturated rings. The zero-order valence-corrected chi connectivity index (χ0v) is 10.4. The van der Waals surface area contributed by atoms with E-state index in [1.807, 2.05) is 0 Å². The highest BCUT2D eigenvalue weighted by molar-refractivity contribution is 5.96. The van der Waals surface area contributed by atoms with Gasteiger partial charge in [-0.05, 0) is 6.92 Å². The Balaban J connectivity index is 3.19. The molecule has 0 aliphatic carbocycles. The third-order valence-corrected chi connectivity index (χ3v) is 2.56. The fourth-order valence-electron chi connectivity index (χ4n) is 1.57. The quantitative estimate of drug-likeness (QED) is 0.538. The molecule has 0 bridgehead atoms. The molecule has 6 heteroatoms. The Hall–Kier alpha value is -2.33. The molecule has 0 aromatic carbocycles. The summed E-state index contributed by atoms with van der Waals surface area (Å²) in [7, 11) is 2.49. The second-order valence-electron chi connectivity index (χ2n) is 3.53. The number of carbonyl (C=O) groups excluding carboxylic acids is 3. The van der Waals surface area contributed by atoms with Crippen LogP contribution in [0.1, 0.15) is 13.3 Å². The number of esters is 2. The van der Waals surface area contributed by atoms with Crippen LogP contribution in [0, 0.1) is 0 Å². The molecule has 18 heavy (non-hydrogen) atoms. The molecule has 1 rings (SSSR count). The number of rotatable bonds is 3. The van der Waals surface area contributed by atoms with Crippen LogP contribution in [-0.4, -0.2) is 37.0 Å². The van der Waals surface area contributed by atoms with Crippen molar-refractivity contribution in [3.63, 3.8) is 0 Å². The summed E-state index contributed by atoms with van der Waals surface area (Å²) < 4.78 is 9.23. The summed E-state index contributed by atoms with van der Waals surface area (Å²) in [6.45, 7) is 1.64. The average molecular weight is 251 g/mol. The highest BCUT2D eigenvalue weighted by Gasteiger charge is 2.26. The van der Waals surface area contributed by atoms with Gasteiger partial charge < -0.3 is 14.4 Å². The van der Waals surface area contributed by atoms with E-state index in [2.05, 4.69) is 9.47 Å². The van der Waals surface area contributed by atoms with Crippen molar-refractivity contribution in [1.29, 1.82) is 0 Å². The molecule has 0 aromatic heterocycles. The molecule has 0 saturated heterocycles. The maximum Gasteiger partial charge on any atom is 0.335 e. The normalized spacial score (nSPS) is 14.6. The van der Waals surface area contributed by atoms with Crippen molar-refractivity contribution in [2.75, 3.05) is 14.2 Å². The Kier molecular flexibility index (Phi) is 4.45. The Bertz CT molecular complexity index is 483. The van der Waals surface area contributed by atoms with Crippen LogP contribution in [0.2, 0.25) is 0 Å². The maximum atomic E-state index is 11.6. The number of carbonyl (C=O) groups is 2. The lowest BCUT2D eigenvalue weighted by molar-refractivity contribution is -0.136. The monoisotopic (exact) mass is 251 g/mol. The molecule has 0 saturated carbocycles. The van der Waals surface area contributed by atoms with Crippen LogP contribution in [0.15, 0.2) is 29.2 Å². The molecule has 0 radical (unpaired) electrons. The topological polar surface area (TPSA) is 72.9 Å². The van der Waals surface area contributed by atoms with E-state index in [-0.39, 0.29) is 12.0 Å². The molecule has 0 atom stereocenters. The number of hydrogen-bond acceptors (Lipinski definition) is 6. The lowest BCUT2D eigenvalue weighted by Crippen LogP contribution is -2.23. The number of nitrogens with zero attached hydrogens (tertiary/aromatic N) is 1. The number of ether oxygens (including phenoxy) is 2. The Morgan fingerprint density at radius 2 is 1.94 bits per heavy atom. The van der Waals surface area contributed by atoms with Gasteiger partial charge in [0, 0.05) is 18.3 Å². The van der Waals surface area contributed by atoms with Gasteiger partial charge in [-0.15, -0.1) is 0 Å². The Labute approximate surface area is 104 Å². The third-order valence-electron chi connectivity index (χ3n) is 2.56. The molecule has 1 aliphatic rings. The van der Waals surface area contributed by atoms with E-state index in [0.717, 1.165) is 6.20 Å². The molecule has 0 unspecified atom stereocenters. The highest BCUT2D eigenvalue weighted by atomic mass is 16.5. The molecule has 1 aliphatic heterocycles. The van der Waals surface area contributed by atoms with Crippen LogP contribution in [0.3, 0.4) is 0 Å². The van der Waals surface area contributed by atoms with Gasteiger partial charge in [-0.1, -0.05) is 0 Å². The van der Waals surface area contributed by atoms with E-state index < -0.39 is 11.9 Å². The first-order chi connectivity index (χ1) is 8.54. The first kappa shape index (κ1) is 13.7. The molecule has 0 N–H and O–H groups in total. The predicted octanol–water partition coefficient (Wildman–Crippen LogP) is 0.541. The number of methoxy groups -OCH3 is 2. The van der Waals surface area contributed by atoms with Gasteiger partial charge in [-0.3, -0.25) is 0 Å². The van der Waals surface area contributed by atoms with Crippen molar-refractivity contribution in [2.24, 2.45) is 0 Å². The predicted molar refractivity (Wildman–Crippen MR) is 61.5 cm³/mol. The first-order valence-corrected chi connectivity index (χ1v) is 5.11. The SMILES string of the molecule is COC(=O)C1=CN(C=C=O)C(C)=C(C(=O)OC)C1. The minimum Gasteiger partial charge on any atom is -0.466 e. The summed E-state index contributed by atoms with van der Waals surface area (Å²) in [5.74, 6) is 0.479. The van der Waals surface area contributed by atoms with Crippen molar-refractivity contribution in [2.45, 2.75) is 13.3 Å². The zero-order valence-electron chi connectivity index (χ0n) is 10.4. The van der Waals surface area contributed by atoms with Gasteiger partial charge >= 0.3 is 11.9 Å². The van der Waals surface area contributed by atoms with E-state index in [9.17, 15) is 14.4 Å². The smallest absolute Gasteiger partial charge is 0.335 e. The van der Waals surface area contributed by atoms with Gasteiger partial charge in [0.1, 0.15) is 5.94 Å². The highest BCUT2D eigenvalue weighted by Crippen LogP contribution is 2.26. The minimum absolute atomic E-state index is 0.106. The van der Waals surface area contributed by atoms with Crippen LogP contribution >= 0.6 is 0 Å². The lowest BCUT2D eigenvalue weighted by atomic mass is 10.0. The van der Waals surface area contributed by atoms with E-state index in [1.54, 1.807) is 12.9 Å². The van der Waals surface area contributed by atoms with Crippen LogP contribution in [0.25, 0.3) is 0 Å². The van der Waals surface area contributed by atoms with Crippen molar-refractivity contribution in [1.82, 2.24) is 4.90 Å². The van der Waals surface area contributed by atoms with Gasteiger partial charge in [0.25, 0.3) is 0 Å². The molecular formula is C12H13NO5. The zero-order chi connectivity index (χ0) is 13.7.